The fraction of sp³-hybridized carbons (Fsp3) is 0.375. The summed E-state index contributed by atoms with van der Waals surface area (Å²) in [4.78, 5) is 17.2. The summed E-state index contributed by atoms with van der Waals surface area (Å²) in [7, 11) is 0. The average molecular weight is 378 g/mol. The van der Waals surface area contributed by atoms with Crippen LogP contribution in [0, 0.1) is 6.92 Å². The summed E-state index contributed by atoms with van der Waals surface area (Å²) in [6, 6.07) is 16.5. The Labute approximate surface area is 168 Å². The van der Waals surface area contributed by atoms with E-state index in [0.29, 0.717) is 6.54 Å². The number of hydrogen-bond donors (Lipinski definition) is 1. The lowest BCUT2D eigenvalue weighted by atomic mass is 10.1. The molecule has 1 fully saturated rings. The molecule has 0 unspecified atom stereocenters. The molecule has 0 saturated carbocycles. The molecule has 3 rings (SSSR count). The molecule has 0 aliphatic carbocycles. The minimum atomic E-state index is -0.0622. The Kier molecular flexibility index (Phi) is 7.40. The Morgan fingerprint density at radius 3 is 2.43 bits per heavy atom. The summed E-state index contributed by atoms with van der Waals surface area (Å²) in [5, 5.41) is 3.03. The number of piperazine rings is 1. The van der Waals surface area contributed by atoms with Gasteiger partial charge in [0.2, 0.25) is 5.91 Å². The zero-order valence-electron chi connectivity index (χ0n) is 17.0. The molecular formula is C24H31N3O. The molecule has 1 heterocycles. The van der Waals surface area contributed by atoms with Crippen LogP contribution in [0.1, 0.15) is 29.2 Å². The van der Waals surface area contributed by atoms with Gasteiger partial charge in [-0.3, -0.25) is 9.69 Å². The topological polar surface area (TPSA) is 35.6 Å². The Morgan fingerprint density at radius 1 is 1.00 bits per heavy atom. The van der Waals surface area contributed by atoms with E-state index in [9.17, 15) is 4.79 Å². The van der Waals surface area contributed by atoms with Gasteiger partial charge in [0.05, 0.1) is 0 Å². The first-order valence-corrected chi connectivity index (χ1v) is 10.2. The van der Waals surface area contributed by atoms with Crippen LogP contribution < -0.4 is 5.32 Å². The fourth-order valence-electron chi connectivity index (χ4n) is 3.58. The van der Waals surface area contributed by atoms with Crippen molar-refractivity contribution in [2.45, 2.75) is 26.9 Å². The van der Waals surface area contributed by atoms with Crippen molar-refractivity contribution in [2.24, 2.45) is 0 Å². The van der Waals surface area contributed by atoms with Crippen molar-refractivity contribution < 1.29 is 4.79 Å². The average Bonchev–Trinajstić information content (AvgIpc) is 2.72. The summed E-state index contributed by atoms with van der Waals surface area (Å²) in [6.07, 6.45) is 3.48. The van der Waals surface area contributed by atoms with Crippen LogP contribution in [0.3, 0.4) is 0 Å². The highest BCUT2D eigenvalue weighted by molar-refractivity contribution is 5.91. The molecule has 0 aromatic heterocycles. The lowest BCUT2D eigenvalue weighted by molar-refractivity contribution is -0.116. The Morgan fingerprint density at radius 2 is 1.71 bits per heavy atom. The molecular weight excluding hydrogens is 346 g/mol. The van der Waals surface area contributed by atoms with Gasteiger partial charge >= 0.3 is 0 Å². The SMILES string of the molecule is CCN1CCN(Cc2ccccc2CNC(=O)C=Cc2cccc(C)c2)CC1. The van der Waals surface area contributed by atoms with E-state index < -0.39 is 0 Å². The maximum Gasteiger partial charge on any atom is 0.244 e. The van der Waals surface area contributed by atoms with Gasteiger partial charge in [0.15, 0.2) is 0 Å². The molecule has 1 aliphatic rings. The molecule has 1 amide bonds. The summed E-state index contributed by atoms with van der Waals surface area (Å²) in [5.41, 5.74) is 4.73. The number of nitrogens with one attached hydrogen (secondary N) is 1. The molecule has 148 valence electrons. The molecule has 2 aromatic rings. The number of aryl methyl sites for hydroxylation is 1. The number of hydrogen-bond acceptors (Lipinski definition) is 3. The van der Waals surface area contributed by atoms with E-state index in [2.05, 4.69) is 59.3 Å². The highest BCUT2D eigenvalue weighted by Crippen LogP contribution is 2.14. The molecule has 0 bridgehead atoms. The highest BCUT2D eigenvalue weighted by Gasteiger charge is 2.16. The van der Waals surface area contributed by atoms with Crippen molar-refractivity contribution in [1.29, 1.82) is 0 Å². The van der Waals surface area contributed by atoms with Crippen molar-refractivity contribution in [3.05, 3.63) is 76.9 Å². The lowest BCUT2D eigenvalue weighted by Gasteiger charge is -2.34. The van der Waals surface area contributed by atoms with Crippen LogP contribution in [-0.4, -0.2) is 48.4 Å². The van der Waals surface area contributed by atoms with Gasteiger partial charge in [-0.2, -0.15) is 0 Å². The number of rotatable bonds is 7. The van der Waals surface area contributed by atoms with Crippen molar-refractivity contribution in [2.75, 3.05) is 32.7 Å². The molecule has 4 heteroatoms. The van der Waals surface area contributed by atoms with E-state index in [-0.39, 0.29) is 5.91 Å². The first-order chi connectivity index (χ1) is 13.6. The van der Waals surface area contributed by atoms with Gasteiger partial charge in [0, 0.05) is 45.3 Å². The first-order valence-electron chi connectivity index (χ1n) is 10.2. The molecule has 1 N–H and O–H groups in total. The fourth-order valence-corrected chi connectivity index (χ4v) is 3.58. The van der Waals surface area contributed by atoms with Crippen LogP contribution in [0.5, 0.6) is 0 Å². The van der Waals surface area contributed by atoms with Crippen LogP contribution in [-0.2, 0) is 17.9 Å². The third-order valence-electron chi connectivity index (χ3n) is 5.35. The van der Waals surface area contributed by atoms with E-state index in [1.54, 1.807) is 6.08 Å². The van der Waals surface area contributed by atoms with E-state index >= 15 is 0 Å². The standard InChI is InChI=1S/C24H31N3O/c1-3-26-13-15-27(16-14-26)19-23-10-5-4-9-22(23)18-25-24(28)12-11-21-8-6-7-20(2)17-21/h4-12,17H,3,13-16,18-19H2,1-2H3,(H,25,28). The largest absolute Gasteiger partial charge is 0.348 e. The normalized spacial score (nSPS) is 15.8. The monoisotopic (exact) mass is 377 g/mol. The summed E-state index contributed by atoms with van der Waals surface area (Å²) >= 11 is 0. The molecule has 28 heavy (non-hydrogen) atoms. The molecule has 0 radical (unpaired) electrons. The maximum absolute atomic E-state index is 12.2. The number of amides is 1. The molecule has 1 saturated heterocycles. The zero-order valence-corrected chi connectivity index (χ0v) is 17.0. The van der Waals surface area contributed by atoms with Crippen LogP contribution in [0.25, 0.3) is 6.08 Å². The molecule has 4 nitrogen and oxygen atoms in total. The van der Waals surface area contributed by atoms with Gasteiger partial charge in [-0.25, -0.2) is 0 Å². The van der Waals surface area contributed by atoms with Crippen molar-refractivity contribution in [3.63, 3.8) is 0 Å². The van der Waals surface area contributed by atoms with Gasteiger partial charge in [0.1, 0.15) is 0 Å². The van der Waals surface area contributed by atoms with Gasteiger partial charge in [-0.15, -0.1) is 0 Å². The number of likely N-dealkylation sites (N-methyl/N-ethyl adjacent to an activating group) is 1. The predicted octanol–water partition coefficient (Wildman–Crippen LogP) is 3.46. The quantitative estimate of drug-likeness (QED) is 0.751. The summed E-state index contributed by atoms with van der Waals surface area (Å²) < 4.78 is 0. The Bertz CT molecular complexity index is 807. The van der Waals surface area contributed by atoms with Crippen LogP contribution in [0.15, 0.2) is 54.6 Å². The van der Waals surface area contributed by atoms with Crippen LogP contribution in [0.2, 0.25) is 0 Å². The second-order valence-corrected chi connectivity index (χ2v) is 7.44. The van der Waals surface area contributed by atoms with Crippen LogP contribution >= 0.6 is 0 Å². The maximum atomic E-state index is 12.2. The highest BCUT2D eigenvalue weighted by atomic mass is 16.1. The van der Waals surface area contributed by atoms with Gasteiger partial charge < -0.3 is 10.2 Å². The number of benzene rings is 2. The number of nitrogens with zero attached hydrogens (tertiary/aromatic N) is 2. The number of carbonyl (C=O) groups excluding carboxylic acids is 1. The third-order valence-corrected chi connectivity index (χ3v) is 5.35. The van der Waals surface area contributed by atoms with Crippen LogP contribution in [0.4, 0.5) is 0 Å². The lowest BCUT2D eigenvalue weighted by Crippen LogP contribution is -2.45. The minimum Gasteiger partial charge on any atom is -0.348 e. The zero-order chi connectivity index (χ0) is 19.8. The molecule has 2 aromatic carbocycles. The van der Waals surface area contributed by atoms with E-state index in [1.165, 1.54) is 16.7 Å². The van der Waals surface area contributed by atoms with E-state index in [4.69, 9.17) is 0 Å². The second-order valence-electron chi connectivity index (χ2n) is 7.44. The van der Waals surface area contributed by atoms with Crippen molar-refractivity contribution >= 4 is 12.0 Å². The van der Waals surface area contributed by atoms with Gasteiger partial charge in [-0.05, 0) is 36.2 Å². The Hall–Kier alpha value is -2.43. The molecule has 0 spiro atoms. The van der Waals surface area contributed by atoms with Gasteiger partial charge in [-0.1, -0.05) is 61.0 Å². The van der Waals surface area contributed by atoms with Crippen molar-refractivity contribution in [3.8, 4) is 0 Å². The van der Waals surface area contributed by atoms with E-state index in [1.807, 2.05) is 24.3 Å². The summed E-state index contributed by atoms with van der Waals surface area (Å²) in [6.45, 7) is 11.4. The molecule has 1 aliphatic heterocycles. The van der Waals surface area contributed by atoms with Crippen molar-refractivity contribution in [1.82, 2.24) is 15.1 Å². The third kappa shape index (κ3) is 6.04. The first kappa shape index (κ1) is 20.3. The molecule has 0 atom stereocenters. The number of carbonyl (C=O) groups is 1. The van der Waals surface area contributed by atoms with Gasteiger partial charge in [0.25, 0.3) is 0 Å². The predicted molar refractivity (Wildman–Crippen MR) is 116 cm³/mol. The van der Waals surface area contributed by atoms with E-state index in [0.717, 1.165) is 44.8 Å². The Balaban J connectivity index is 1.54. The summed E-state index contributed by atoms with van der Waals surface area (Å²) in [5.74, 6) is -0.0622. The second kappa shape index (κ2) is 10.2. The minimum absolute atomic E-state index is 0.0622. The smallest absolute Gasteiger partial charge is 0.244 e.